The number of amides is 2. The van der Waals surface area contributed by atoms with E-state index in [9.17, 15) is 19.5 Å². The van der Waals surface area contributed by atoms with Gasteiger partial charge < -0.3 is 24.8 Å². The molecule has 234 valence electrons. The first-order valence-electron chi connectivity index (χ1n) is 15.6. The molecule has 10 nitrogen and oxygen atoms in total. The number of aromatic nitrogens is 2. The quantitative estimate of drug-likeness (QED) is 0.305. The lowest BCUT2D eigenvalue weighted by Gasteiger charge is -2.38. The molecule has 2 N–H and O–H groups in total. The second-order valence-corrected chi connectivity index (χ2v) is 11.8. The minimum Gasteiger partial charge on any atom is -0.476 e. The second kappa shape index (κ2) is 15.1. The number of carboxylic acid groups (broad SMARTS) is 1. The molecule has 1 heterocycles. The van der Waals surface area contributed by atoms with Crippen molar-refractivity contribution in [3.8, 4) is 0 Å². The Hall–Kier alpha value is -4.02. The Morgan fingerprint density at radius 2 is 1.43 bits per heavy atom. The number of likely N-dealkylation sites (N-methyl/N-ethyl adjacent to an activating group) is 1. The van der Waals surface area contributed by atoms with E-state index in [-0.39, 0.29) is 48.1 Å². The van der Waals surface area contributed by atoms with Crippen LogP contribution in [-0.4, -0.2) is 68.9 Å². The van der Waals surface area contributed by atoms with Gasteiger partial charge in [-0.1, -0.05) is 86.3 Å². The molecular formula is C34H42N4O6. The lowest BCUT2D eigenvalue weighted by Crippen LogP contribution is -2.49. The number of nitrogens with zero attached hydrogens (tertiary/aromatic N) is 3. The summed E-state index contributed by atoms with van der Waals surface area (Å²) in [6.45, 7) is 0.650. The van der Waals surface area contributed by atoms with Crippen LogP contribution in [0.3, 0.4) is 0 Å². The van der Waals surface area contributed by atoms with Crippen LogP contribution in [0.15, 0.2) is 66.7 Å². The molecule has 0 unspecified atom stereocenters. The third-order valence-corrected chi connectivity index (χ3v) is 8.71. The number of carbonyl (C=O) groups is 3. The molecule has 2 aromatic carbocycles. The first kappa shape index (κ1) is 31.4. The normalized spacial score (nSPS) is 21.8. The molecule has 2 fully saturated rings. The van der Waals surface area contributed by atoms with Gasteiger partial charge in [-0.25, -0.2) is 9.48 Å². The summed E-state index contributed by atoms with van der Waals surface area (Å²) >= 11 is 0. The standard InChI is InChI=1S/C34H42N4O6/c1-37(28-17-9-11-19-31(28)44-23-25-14-6-3-7-15-25)32(39)21-38-29(20-27(36-38)34(41)42)33(40)35-26-16-8-10-18-30(26)43-22-24-12-4-2-5-13-24/h2-7,12-15,20,26,28,30-31H,8-11,16-19,21-23H2,1H3,(H,35,40)(H,41,42)/t26-,28-,30-,31-/m0/s1. The Morgan fingerprint density at radius 3 is 2.07 bits per heavy atom. The van der Waals surface area contributed by atoms with E-state index in [1.807, 2.05) is 60.7 Å². The summed E-state index contributed by atoms with van der Waals surface area (Å²) in [5, 5.41) is 16.8. The van der Waals surface area contributed by atoms with Gasteiger partial charge in [-0.05, 0) is 36.8 Å². The van der Waals surface area contributed by atoms with Gasteiger partial charge in [0.15, 0.2) is 5.69 Å². The zero-order valence-corrected chi connectivity index (χ0v) is 25.3. The molecule has 4 atom stereocenters. The third-order valence-electron chi connectivity index (χ3n) is 8.71. The first-order valence-corrected chi connectivity index (χ1v) is 15.6. The van der Waals surface area contributed by atoms with Crippen LogP contribution < -0.4 is 5.32 Å². The van der Waals surface area contributed by atoms with Crippen molar-refractivity contribution < 1.29 is 29.0 Å². The highest BCUT2D eigenvalue weighted by Gasteiger charge is 2.33. The lowest BCUT2D eigenvalue weighted by molar-refractivity contribution is -0.138. The van der Waals surface area contributed by atoms with Gasteiger partial charge in [0, 0.05) is 13.1 Å². The monoisotopic (exact) mass is 602 g/mol. The van der Waals surface area contributed by atoms with Crippen molar-refractivity contribution in [1.29, 1.82) is 0 Å². The molecule has 44 heavy (non-hydrogen) atoms. The van der Waals surface area contributed by atoms with Crippen LogP contribution in [0.1, 0.15) is 83.5 Å². The first-order chi connectivity index (χ1) is 21.4. The van der Waals surface area contributed by atoms with E-state index < -0.39 is 11.9 Å². The number of hydrogen-bond donors (Lipinski definition) is 2. The molecule has 2 amide bonds. The molecule has 2 aliphatic carbocycles. The van der Waals surface area contributed by atoms with Gasteiger partial charge in [0.05, 0.1) is 37.5 Å². The predicted octanol–water partition coefficient (Wildman–Crippen LogP) is 4.83. The van der Waals surface area contributed by atoms with Gasteiger partial charge in [0.1, 0.15) is 12.2 Å². The summed E-state index contributed by atoms with van der Waals surface area (Å²) in [4.78, 5) is 40.6. The average molecular weight is 603 g/mol. The van der Waals surface area contributed by atoms with Crippen molar-refractivity contribution in [3.05, 3.63) is 89.2 Å². The summed E-state index contributed by atoms with van der Waals surface area (Å²) in [6, 6.07) is 20.7. The minimum absolute atomic E-state index is 0.0389. The molecule has 2 aliphatic rings. The number of rotatable bonds is 12. The van der Waals surface area contributed by atoms with E-state index in [1.165, 1.54) is 10.7 Å². The highest BCUT2D eigenvalue weighted by Crippen LogP contribution is 2.27. The van der Waals surface area contributed by atoms with E-state index in [0.717, 1.165) is 62.5 Å². The molecular weight excluding hydrogens is 560 g/mol. The minimum atomic E-state index is -1.26. The zero-order valence-electron chi connectivity index (χ0n) is 25.3. The van der Waals surface area contributed by atoms with Crippen molar-refractivity contribution in [2.24, 2.45) is 0 Å². The molecule has 0 radical (unpaired) electrons. The molecule has 3 aromatic rings. The van der Waals surface area contributed by atoms with Crippen molar-refractivity contribution in [2.45, 2.75) is 95.4 Å². The van der Waals surface area contributed by atoms with Gasteiger partial charge in [0.2, 0.25) is 5.91 Å². The van der Waals surface area contributed by atoms with Gasteiger partial charge >= 0.3 is 5.97 Å². The number of benzene rings is 2. The summed E-state index contributed by atoms with van der Waals surface area (Å²) in [5.74, 6) is -1.99. The fourth-order valence-electron chi connectivity index (χ4n) is 6.22. The largest absolute Gasteiger partial charge is 0.476 e. The van der Waals surface area contributed by atoms with E-state index >= 15 is 0 Å². The van der Waals surface area contributed by atoms with Crippen LogP contribution in [-0.2, 0) is 34.0 Å². The number of aromatic carboxylic acids is 1. The molecule has 0 bridgehead atoms. The highest BCUT2D eigenvalue weighted by atomic mass is 16.5. The van der Waals surface area contributed by atoms with Gasteiger partial charge in [-0.2, -0.15) is 5.10 Å². The van der Waals surface area contributed by atoms with E-state index in [0.29, 0.717) is 13.2 Å². The van der Waals surface area contributed by atoms with Crippen molar-refractivity contribution in [3.63, 3.8) is 0 Å². The fraction of sp³-hybridized carbons (Fsp3) is 0.471. The molecule has 2 saturated carbocycles. The summed E-state index contributed by atoms with van der Waals surface area (Å²) < 4.78 is 13.7. The van der Waals surface area contributed by atoms with Crippen LogP contribution >= 0.6 is 0 Å². The van der Waals surface area contributed by atoms with Crippen LogP contribution in [0.2, 0.25) is 0 Å². The van der Waals surface area contributed by atoms with Gasteiger partial charge in [-0.15, -0.1) is 0 Å². The lowest BCUT2D eigenvalue weighted by atomic mass is 9.91. The Labute approximate surface area is 258 Å². The van der Waals surface area contributed by atoms with Crippen LogP contribution in [0.5, 0.6) is 0 Å². The third kappa shape index (κ3) is 8.12. The average Bonchev–Trinajstić information content (AvgIpc) is 3.48. The number of carboxylic acids is 1. The predicted molar refractivity (Wildman–Crippen MR) is 164 cm³/mol. The molecule has 0 spiro atoms. The maximum absolute atomic E-state index is 13.6. The molecule has 0 aliphatic heterocycles. The van der Waals surface area contributed by atoms with Crippen LogP contribution in [0.25, 0.3) is 0 Å². The van der Waals surface area contributed by atoms with Crippen molar-refractivity contribution in [2.75, 3.05) is 7.05 Å². The number of nitrogens with one attached hydrogen (secondary N) is 1. The Bertz CT molecular complexity index is 1400. The maximum Gasteiger partial charge on any atom is 0.356 e. The van der Waals surface area contributed by atoms with Crippen molar-refractivity contribution in [1.82, 2.24) is 20.0 Å². The topological polar surface area (TPSA) is 123 Å². The fourth-order valence-corrected chi connectivity index (χ4v) is 6.22. The Morgan fingerprint density at radius 1 is 0.864 bits per heavy atom. The van der Waals surface area contributed by atoms with Crippen LogP contribution in [0.4, 0.5) is 0 Å². The second-order valence-electron chi connectivity index (χ2n) is 11.8. The Kier molecular flexibility index (Phi) is 10.8. The molecule has 5 rings (SSSR count). The number of ether oxygens (including phenoxy) is 2. The molecule has 0 saturated heterocycles. The number of carbonyl (C=O) groups excluding carboxylic acids is 2. The summed E-state index contributed by atoms with van der Waals surface area (Å²) in [6.07, 6.45) is 6.90. The SMILES string of the molecule is CN(C(=O)Cn1nc(C(=O)O)cc1C(=O)N[C@H]1CCCC[C@@H]1OCc1ccccc1)[C@H]1CCCC[C@@H]1OCc1ccccc1. The smallest absolute Gasteiger partial charge is 0.356 e. The summed E-state index contributed by atoms with van der Waals surface area (Å²) in [5.41, 5.74) is 1.88. The van der Waals surface area contributed by atoms with Crippen molar-refractivity contribution >= 4 is 17.8 Å². The maximum atomic E-state index is 13.6. The van der Waals surface area contributed by atoms with Gasteiger partial charge in [0.25, 0.3) is 5.91 Å². The number of hydrogen-bond acceptors (Lipinski definition) is 6. The summed E-state index contributed by atoms with van der Waals surface area (Å²) in [7, 11) is 1.75. The molecule has 10 heteroatoms. The highest BCUT2D eigenvalue weighted by molar-refractivity contribution is 5.96. The van der Waals surface area contributed by atoms with Gasteiger partial charge in [-0.3, -0.25) is 9.59 Å². The van der Waals surface area contributed by atoms with E-state index in [2.05, 4.69) is 10.4 Å². The van der Waals surface area contributed by atoms with E-state index in [1.54, 1.807) is 11.9 Å². The van der Waals surface area contributed by atoms with Crippen LogP contribution in [0, 0.1) is 0 Å². The molecule has 1 aromatic heterocycles. The Balaban J connectivity index is 1.25. The zero-order chi connectivity index (χ0) is 30.9. The van der Waals surface area contributed by atoms with E-state index in [4.69, 9.17) is 9.47 Å².